The number of rotatable bonds is 1. The second kappa shape index (κ2) is 4.51. The fraction of sp³-hybridized carbons (Fsp3) is 0.250. The fourth-order valence-corrected chi connectivity index (χ4v) is 0.697. The van der Waals surface area contributed by atoms with Gasteiger partial charge in [-0.15, -0.1) is 4.85 Å². The molecule has 0 saturated carbocycles. The van der Waals surface area contributed by atoms with Crippen molar-refractivity contribution in [1.82, 2.24) is 0 Å². The average molecular weight is 145 g/mol. The van der Waals surface area contributed by atoms with Gasteiger partial charge in [0.05, 0.1) is 5.97 Å². The summed E-state index contributed by atoms with van der Waals surface area (Å²) in [4.78, 5) is 3.94. The van der Waals surface area contributed by atoms with Crippen LogP contribution in [0.3, 0.4) is 0 Å². The highest BCUT2D eigenvalue weighted by atomic mass is 14.8. The third-order valence-electron chi connectivity index (χ3n) is 1.19. The molecule has 0 aliphatic rings. The van der Waals surface area contributed by atoms with Crippen molar-refractivity contribution >= 4 is 7.41 Å². The maximum absolute atomic E-state index is 3.94. The highest BCUT2D eigenvalue weighted by Crippen LogP contribution is 1.73. The molecular formula is C8H10BN2+. The van der Waals surface area contributed by atoms with E-state index in [0.717, 1.165) is 6.54 Å². The van der Waals surface area contributed by atoms with Crippen molar-refractivity contribution in [2.24, 2.45) is 0 Å². The van der Waals surface area contributed by atoms with E-state index < -0.39 is 0 Å². The summed E-state index contributed by atoms with van der Waals surface area (Å²) in [5, 5.41) is 0. The second-order valence-electron chi connectivity index (χ2n) is 2.06. The molecule has 0 aromatic carbocycles. The molecule has 0 atom stereocenters. The number of hydrogen-bond acceptors (Lipinski definition) is 0. The van der Waals surface area contributed by atoms with Crippen LogP contribution in [0.1, 0.15) is 6.92 Å². The molecule has 54 valence electrons. The van der Waals surface area contributed by atoms with Crippen molar-refractivity contribution in [2.45, 2.75) is 6.92 Å². The van der Waals surface area contributed by atoms with Crippen LogP contribution in [0.5, 0.6) is 0 Å². The summed E-state index contributed by atoms with van der Waals surface area (Å²) in [6, 6.07) is 5.90. The van der Waals surface area contributed by atoms with E-state index in [-0.39, 0.29) is 0 Å². The van der Waals surface area contributed by atoms with Crippen molar-refractivity contribution in [3.63, 3.8) is 0 Å². The largest absolute Gasteiger partial charge is 0.456 e. The third kappa shape index (κ3) is 2.86. The normalized spacial score (nSPS) is 8.45. The van der Waals surface area contributed by atoms with Crippen LogP contribution in [0.15, 0.2) is 30.6 Å². The predicted octanol–water partition coefficient (Wildman–Crippen LogP) is 0.752. The van der Waals surface area contributed by atoms with Gasteiger partial charge in [0.2, 0.25) is 0 Å². The molecule has 0 aliphatic carbocycles. The molecular weight excluding hydrogens is 135 g/mol. The molecule has 1 rings (SSSR count). The first-order chi connectivity index (χ1) is 5.43. The molecule has 0 amide bonds. The quantitative estimate of drug-likeness (QED) is 0.515. The van der Waals surface area contributed by atoms with Crippen molar-refractivity contribution in [3.8, 4) is 5.97 Å². The Morgan fingerprint density at radius 3 is 2.73 bits per heavy atom. The maximum atomic E-state index is 3.94. The molecule has 1 heterocycles. The van der Waals surface area contributed by atoms with Gasteiger partial charge in [0.1, 0.15) is 12.4 Å². The maximum Gasteiger partial charge on any atom is 0.281 e. The average Bonchev–Trinajstić information content (AvgIpc) is 2.07. The Kier molecular flexibility index (Phi) is 3.20. The Morgan fingerprint density at radius 2 is 2.09 bits per heavy atom. The van der Waals surface area contributed by atoms with Crippen LogP contribution >= 0.6 is 0 Å². The van der Waals surface area contributed by atoms with E-state index in [4.69, 9.17) is 0 Å². The molecule has 11 heavy (non-hydrogen) atoms. The lowest BCUT2D eigenvalue weighted by Crippen LogP contribution is -2.37. The number of pyridine rings is 1. The van der Waals surface area contributed by atoms with E-state index in [2.05, 4.69) is 10.8 Å². The highest BCUT2D eigenvalue weighted by Gasteiger charge is 1.85. The smallest absolute Gasteiger partial charge is 0.281 e. The van der Waals surface area contributed by atoms with Crippen molar-refractivity contribution < 1.29 is 4.48 Å². The van der Waals surface area contributed by atoms with Crippen LogP contribution in [0.25, 0.3) is 4.85 Å². The molecule has 0 bridgehead atoms. The molecule has 2 nitrogen and oxygen atoms in total. The van der Waals surface area contributed by atoms with Gasteiger partial charge in [0, 0.05) is 6.92 Å². The van der Waals surface area contributed by atoms with E-state index in [1.165, 1.54) is 0 Å². The zero-order chi connectivity index (χ0) is 7.94. The minimum Gasteiger partial charge on any atom is -0.456 e. The summed E-state index contributed by atoms with van der Waals surface area (Å²) in [5.41, 5.74) is 0. The molecule has 3 heteroatoms. The van der Waals surface area contributed by atoms with Gasteiger partial charge in [-0.3, -0.25) is 0 Å². The van der Waals surface area contributed by atoms with Gasteiger partial charge in [-0.2, -0.15) is 0 Å². The Hall–Kier alpha value is -1.30. The van der Waals surface area contributed by atoms with Gasteiger partial charge in [-0.25, -0.2) is 0 Å². The van der Waals surface area contributed by atoms with Crippen LogP contribution in [-0.2, 0) is 0 Å². The van der Waals surface area contributed by atoms with Crippen LogP contribution in [-0.4, -0.2) is 14.0 Å². The third-order valence-corrected chi connectivity index (χ3v) is 1.19. The molecule has 1 aromatic heterocycles. The first kappa shape index (κ1) is 7.81. The Morgan fingerprint density at radius 1 is 1.36 bits per heavy atom. The second-order valence-corrected chi connectivity index (χ2v) is 2.06. The summed E-state index contributed by atoms with van der Waals surface area (Å²) < 4.78 is 1.90. The minimum atomic E-state index is 0.782. The van der Waals surface area contributed by atoms with Gasteiger partial charge in [-0.1, -0.05) is 6.07 Å². The standard InChI is InChI=1S/C8H10BN2/c1-2-10-8-9-11-6-4-3-5-7-11/h3-7H,2H2,1H3/q+1. The molecule has 1 aromatic rings. The van der Waals surface area contributed by atoms with E-state index in [0.29, 0.717) is 0 Å². The Bertz CT molecular complexity index is 260. The van der Waals surface area contributed by atoms with Crippen LogP contribution < -0.4 is 4.48 Å². The zero-order valence-electron chi connectivity index (χ0n) is 6.57. The summed E-state index contributed by atoms with van der Waals surface area (Å²) in [7, 11) is 1.80. The van der Waals surface area contributed by atoms with Crippen LogP contribution in [0.4, 0.5) is 0 Å². The summed E-state index contributed by atoms with van der Waals surface area (Å²) in [6.45, 7) is 2.76. The first-order valence-corrected chi connectivity index (χ1v) is 3.64. The van der Waals surface area contributed by atoms with E-state index in [1.807, 2.05) is 42.0 Å². The van der Waals surface area contributed by atoms with Gasteiger partial charge in [-0.05, 0) is 12.1 Å². The first-order valence-electron chi connectivity index (χ1n) is 3.64. The van der Waals surface area contributed by atoms with Crippen molar-refractivity contribution in [1.29, 1.82) is 0 Å². The van der Waals surface area contributed by atoms with Gasteiger partial charge >= 0.3 is 0 Å². The highest BCUT2D eigenvalue weighted by molar-refractivity contribution is 6.35. The monoisotopic (exact) mass is 145 g/mol. The lowest BCUT2D eigenvalue weighted by atomic mass is 9.98. The Balaban J connectivity index is 2.52. The fourth-order valence-electron chi connectivity index (χ4n) is 0.697. The van der Waals surface area contributed by atoms with Gasteiger partial charge in [0.15, 0.2) is 0 Å². The lowest BCUT2D eigenvalue weighted by Gasteiger charge is -1.94. The molecule has 0 saturated heterocycles. The topological polar surface area (TPSA) is 8.24 Å². The molecule has 0 fully saturated rings. The SMILES string of the molecule is CC[N+]#C[B-][n+]1ccccc1. The molecule has 0 spiro atoms. The van der Waals surface area contributed by atoms with Crippen LogP contribution in [0, 0.1) is 5.97 Å². The Labute approximate surface area is 67.6 Å². The van der Waals surface area contributed by atoms with Crippen molar-refractivity contribution in [3.05, 3.63) is 35.4 Å². The lowest BCUT2D eigenvalue weighted by molar-refractivity contribution is -0.526. The van der Waals surface area contributed by atoms with Crippen LogP contribution in [0.2, 0.25) is 0 Å². The predicted molar refractivity (Wildman–Crippen MR) is 45.6 cm³/mol. The summed E-state index contributed by atoms with van der Waals surface area (Å²) in [5.74, 6) is 2.81. The van der Waals surface area contributed by atoms with E-state index in [1.54, 1.807) is 7.41 Å². The summed E-state index contributed by atoms with van der Waals surface area (Å²) >= 11 is 0. The number of aromatic nitrogens is 1. The molecule has 0 N–H and O–H groups in total. The number of nitrogens with zero attached hydrogens (tertiary/aromatic N) is 2. The molecule has 0 aliphatic heterocycles. The van der Waals surface area contributed by atoms with Gasteiger partial charge < -0.3 is 4.48 Å². The van der Waals surface area contributed by atoms with E-state index in [9.17, 15) is 0 Å². The summed E-state index contributed by atoms with van der Waals surface area (Å²) in [6.07, 6.45) is 3.89. The van der Waals surface area contributed by atoms with Gasteiger partial charge in [0.25, 0.3) is 14.0 Å². The number of hydrogen-bond donors (Lipinski definition) is 0. The van der Waals surface area contributed by atoms with Crippen molar-refractivity contribution in [2.75, 3.05) is 6.54 Å². The molecule has 0 unspecified atom stereocenters. The minimum absolute atomic E-state index is 0.782. The van der Waals surface area contributed by atoms with E-state index >= 15 is 0 Å². The zero-order valence-corrected chi connectivity index (χ0v) is 6.57. The molecule has 2 radical (unpaired) electrons.